The van der Waals surface area contributed by atoms with Crippen molar-refractivity contribution in [2.24, 2.45) is 11.8 Å². The number of fused-ring (bicyclic) bond motifs is 1. The second kappa shape index (κ2) is 6.68. The molecule has 0 aromatic rings. The second-order valence-electron chi connectivity index (χ2n) is 6.17. The Bertz CT molecular complexity index is 308. The fraction of sp³-hybridized carbons (Fsp3) is 1.00. The third kappa shape index (κ3) is 3.32. The van der Waals surface area contributed by atoms with E-state index in [1.54, 1.807) is 0 Å². The smallest absolute Gasteiger partial charge is 0.186 e. The van der Waals surface area contributed by atoms with Crippen LogP contribution in [-0.4, -0.2) is 60.9 Å². The molecule has 2 fully saturated rings. The first-order chi connectivity index (χ1) is 9.43. The van der Waals surface area contributed by atoms with Gasteiger partial charge in [0.1, 0.15) is 24.4 Å². The van der Waals surface area contributed by atoms with Gasteiger partial charge in [0.15, 0.2) is 12.6 Å². The molecule has 5 unspecified atom stereocenters. The van der Waals surface area contributed by atoms with Crippen LogP contribution in [0.2, 0.25) is 0 Å². The molecule has 6 heteroatoms. The zero-order valence-corrected chi connectivity index (χ0v) is 12.6. The Hall–Kier alpha value is -0.240. The Kier molecular flexibility index (Phi) is 5.39. The normalized spacial score (nSPS) is 43.4. The molecular weight excluding hydrogens is 264 g/mol. The van der Waals surface area contributed by atoms with Gasteiger partial charge in [-0.2, -0.15) is 0 Å². The lowest BCUT2D eigenvalue weighted by Gasteiger charge is -2.47. The molecule has 20 heavy (non-hydrogen) atoms. The van der Waals surface area contributed by atoms with E-state index in [0.717, 1.165) is 6.42 Å². The average molecular weight is 290 g/mol. The molecule has 0 aliphatic carbocycles. The summed E-state index contributed by atoms with van der Waals surface area (Å²) in [6.07, 6.45) is -3.38. The minimum atomic E-state index is -1.11. The first-order valence-electron chi connectivity index (χ1n) is 7.25. The Morgan fingerprint density at radius 1 is 1.15 bits per heavy atom. The fourth-order valence-corrected chi connectivity index (χ4v) is 2.94. The highest BCUT2D eigenvalue weighted by Gasteiger charge is 2.49. The first-order valence-corrected chi connectivity index (χ1v) is 7.25. The highest BCUT2D eigenvalue weighted by Crippen LogP contribution is 2.31. The molecule has 0 saturated carbocycles. The predicted molar refractivity (Wildman–Crippen MR) is 70.9 cm³/mol. The van der Waals surface area contributed by atoms with Gasteiger partial charge in [0.05, 0.1) is 6.61 Å². The molecule has 0 amide bonds. The summed E-state index contributed by atoms with van der Waals surface area (Å²) in [6, 6.07) is 0. The Balaban J connectivity index is 1.98. The van der Waals surface area contributed by atoms with Crippen molar-refractivity contribution in [2.45, 2.75) is 64.2 Å². The monoisotopic (exact) mass is 290 g/mol. The largest absolute Gasteiger partial charge is 0.387 e. The van der Waals surface area contributed by atoms with Crippen LogP contribution in [0.3, 0.4) is 0 Å². The molecule has 0 bridgehead atoms. The van der Waals surface area contributed by atoms with Gasteiger partial charge in [0.25, 0.3) is 0 Å². The van der Waals surface area contributed by atoms with Crippen molar-refractivity contribution >= 4 is 0 Å². The lowest BCUT2D eigenvalue weighted by Crippen LogP contribution is -2.63. The number of methoxy groups -OCH3 is 1. The van der Waals surface area contributed by atoms with Crippen molar-refractivity contribution in [3.63, 3.8) is 0 Å². The summed E-state index contributed by atoms with van der Waals surface area (Å²) in [5.41, 5.74) is 0. The standard InChI is InChI=1S/C14H26O6/c1-7(2)5-8(3)13-18-6-9-12(20-13)10(15)11(16)14(17-4)19-9/h7-16H,5-6H2,1-4H3/t8?,9?,10?,11?,12-,13?,14-/m1/s1. The van der Waals surface area contributed by atoms with E-state index < -0.39 is 30.7 Å². The Morgan fingerprint density at radius 2 is 1.85 bits per heavy atom. The molecule has 7 atom stereocenters. The summed E-state index contributed by atoms with van der Waals surface area (Å²) in [7, 11) is 1.43. The number of hydrogen-bond donors (Lipinski definition) is 2. The van der Waals surface area contributed by atoms with Crippen LogP contribution >= 0.6 is 0 Å². The molecule has 6 nitrogen and oxygen atoms in total. The molecule has 2 N–H and O–H groups in total. The minimum Gasteiger partial charge on any atom is -0.387 e. The van der Waals surface area contributed by atoms with Crippen molar-refractivity contribution in [3.8, 4) is 0 Å². The summed E-state index contributed by atoms with van der Waals surface area (Å²) < 4.78 is 22.1. The van der Waals surface area contributed by atoms with E-state index in [4.69, 9.17) is 18.9 Å². The molecule has 2 rings (SSSR count). The van der Waals surface area contributed by atoms with Crippen molar-refractivity contribution < 1.29 is 29.2 Å². The average Bonchev–Trinajstić information content (AvgIpc) is 2.41. The molecule has 118 valence electrons. The molecule has 0 aromatic carbocycles. The minimum absolute atomic E-state index is 0.223. The summed E-state index contributed by atoms with van der Waals surface area (Å²) in [4.78, 5) is 0. The van der Waals surface area contributed by atoms with Gasteiger partial charge in [0.2, 0.25) is 0 Å². The number of aliphatic hydroxyl groups is 2. The van der Waals surface area contributed by atoms with Crippen LogP contribution in [0.4, 0.5) is 0 Å². The van der Waals surface area contributed by atoms with Gasteiger partial charge < -0.3 is 29.2 Å². The van der Waals surface area contributed by atoms with Crippen LogP contribution in [0.25, 0.3) is 0 Å². The maximum atomic E-state index is 10.2. The highest BCUT2D eigenvalue weighted by molar-refractivity contribution is 4.92. The van der Waals surface area contributed by atoms with Crippen molar-refractivity contribution in [1.29, 1.82) is 0 Å². The third-order valence-electron chi connectivity index (χ3n) is 3.90. The second-order valence-corrected chi connectivity index (χ2v) is 6.17. The first kappa shape index (κ1) is 16.1. The number of aliphatic hydroxyl groups excluding tert-OH is 2. The van der Waals surface area contributed by atoms with E-state index >= 15 is 0 Å². The quantitative estimate of drug-likeness (QED) is 0.785. The lowest BCUT2D eigenvalue weighted by atomic mass is 9.95. The zero-order chi connectivity index (χ0) is 14.9. The molecule has 0 aromatic heterocycles. The fourth-order valence-electron chi connectivity index (χ4n) is 2.94. The predicted octanol–water partition coefficient (Wildman–Crippen LogP) is 0.503. The molecule has 2 aliphatic heterocycles. The van der Waals surface area contributed by atoms with Gasteiger partial charge in [-0.15, -0.1) is 0 Å². The van der Waals surface area contributed by atoms with Crippen molar-refractivity contribution in [2.75, 3.05) is 13.7 Å². The van der Waals surface area contributed by atoms with Gasteiger partial charge in [-0.25, -0.2) is 0 Å². The van der Waals surface area contributed by atoms with Gasteiger partial charge in [-0.3, -0.25) is 0 Å². The van der Waals surface area contributed by atoms with Crippen LogP contribution in [-0.2, 0) is 18.9 Å². The van der Waals surface area contributed by atoms with E-state index in [1.807, 2.05) is 0 Å². The van der Waals surface area contributed by atoms with E-state index in [-0.39, 0.29) is 12.2 Å². The number of hydrogen-bond acceptors (Lipinski definition) is 6. The summed E-state index contributed by atoms with van der Waals surface area (Å²) >= 11 is 0. The Morgan fingerprint density at radius 3 is 2.45 bits per heavy atom. The van der Waals surface area contributed by atoms with Crippen LogP contribution in [0.5, 0.6) is 0 Å². The maximum absolute atomic E-state index is 10.2. The molecule has 2 aliphatic rings. The number of ether oxygens (including phenoxy) is 4. The number of rotatable bonds is 4. The summed E-state index contributed by atoms with van der Waals surface area (Å²) in [6.45, 7) is 6.69. The molecular formula is C14H26O6. The van der Waals surface area contributed by atoms with E-state index in [2.05, 4.69) is 20.8 Å². The van der Waals surface area contributed by atoms with E-state index in [1.165, 1.54) is 7.11 Å². The van der Waals surface area contributed by atoms with Crippen LogP contribution in [0.1, 0.15) is 27.2 Å². The molecule has 2 saturated heterocycles. The SMILES string of the molecule is CO[C@@H]1OC2COC(C(C)CC(C)C)O[C@H]2C(O)C1O. The molecule has 0 spiro atoms. The van der Waals surface area contributed by atoms with Gasteiger partial charge in [-0.05, 0) is 12.3 Å². The molecule has 0 radical (unpaired) electrons. The zero-order valence-electron chi connectivity index (χ0n) is 12.6. The highest BCUT2D eigenvalue weighted by atomic mass is 16.7. The maximum Gasteiger partial charge on any atom is 0.186 e. The van der Waals surface area contributed by atoms with Crippen LogP contribution in [0.15, 0.2) is 0 Å². The van der Waals surface area contributed by atoms with Gasteiger partial charge in [0, 0.05) is 13.0 Å². The van der Waals surface area contributed by atoms with E-state index in [9.17, 15) is 10.2 Å². The summed E-state index contributed by atoms with van der Waals surface area (Å²) in [5, 5.41) is 20.1. The van der Waals surface area contributed by atoms with E-state index in [0.29, 0.717) is 12.5 Å². The van der Waals surface area contributed by atoms with Gasteiger partial charge in [-0.1, -0.05) is 20.8 Å². The van der Waals surface area contributed by atoms with Crippen molar-refractivity contribution in [3.05, 3.63) is 0 Å². The van der Waals surface area contributed by atoms with Gasteiger partial charge >= 0.3 is 0 Å². The summed E-state index contributed by atoms with van der Waals surface area (Å²) in [5.74, 6) is 0.770. The lowest BCUT2D eigenvalue weighted by molar-refractivity contribution is -0.362. The van der Waals surface area contributed by atoms with Crippen LogP contribution < -0.4 is 0 Å². The van der Waals surface area contributed by atoms with Crippen LogP contribution in [0, 0.1) is 11.8 Å². The Labute approximate surface area is 120 Å². The van der Waals surface area contributed by atoms with Crippen molar-refractivity contribution in [1.82, 2.24) is 0 Å². The molecule has 2 heterocycles. The third-order valence-corrected chi connectivity index (χ3v) is 3.90. The topological polar surface area (TPSA) is 77.4 Å².